The van der Waals surface area contributed by atoms with Gasteiger partial charge in [0.2, 0.25) is 0 Å². The second kappa shape index (κ2) is 5.69. The van der Waals surface area contributed by atoms with Crippen LogP contribution in [-0.4, -0.2) is 21.5 Å². The van der Waals surface area contributed by atoms with Crippen molar-refractivity contribution >= 4 is 23.1 Å². The molecule has 0 saturated heterocycles. The predicted octanol–water partition coefficient (Wildman–Crippen LogP) is 2.51. The number of aromatic nitrogens is 2. The number of hydrogen-bond acceptors (Lipinski definition) is 4. The first-order valence-electron chi connectivity index (χ1n) is 6.65. The molecule has 110 valence electrons. The van der Waals surface area contributed by atoms with Crippen LogP contribution < -0.4 is 10.1 Å². The van der Waals surface area contributed by atoms with E-state index in [9.17, 15) is 9.59 Å². The van der Waals surface area contributed by atoms with Gasteiger partial charge < -0.3 is 10.1 Å². The van der Waals surface area contributed by atoms with Gasteiger partial charge >= 0.3 is 5.97 Å². The summed E-state index contributed by atoms with van der Waals surface area (Å²) in [6, 6.07) is 11.8. The number of ether oxygens (including phenoxy) is 1. The van der Waals surface area contributed by atoms with E-state index in [1.54, 1.807) is 47.2 Å². The third kappa shape index (κ3) is 2.95. The molecule has 1 N–H and O–H groups in total. The van der Waals surface area contributed by atoms with Gasteiger partial charge in [0.1, 0.15) is 5.75 Å². The quantitative estimate of drug-likeness (QED) is 0.595. The molecule has 6 heteroatoms. The zero-order chi connectivity index (χ0) is 15.5. The SMILES string of the molecule is CC(=O)Oc1ccc(C(=O)Nc2ccn3nccc3c2)cc1. The molecule has 22 heavy (non-hydrogen) atoms. The molecule has 1 aromatic carbocycles. The number of carbonyl (C=O) groups is 2. The lowest BCUT2D eigenvalue weighted by Gasteiger charge is -2.06. The van der Waals surface area contributed by atoms with E-state index in [4.69, 9.17) is 4.74 Å². The van der Waals surface area contributed by atoms with Crippen LogP contribution in [0, 0.1) is 0 Å². The Morgan fingerprint density at radius 3 is 2.64 bits per heavy atom. The van der Waals surface area contributed by atoms with Gasteiger partial charge in [0.15, 0.2) is 0 Å². The largest absolute Gasteiger partial charge is 0.427 e. The Labute approximate surface area is 126 Å². The molecule has 0 fully saturated rings. The highest BCUT2D eigenvalue weighted by atomic mass is 16.5. The average Bonchev–Trinajstić information content (AvgIpc) is 2.95. The lowest BCUT2D eigenvalue weighted by molar-refractivity contribution is -0.131. The van der Waals surface area contributed by atoms with Gasteiger partial charge in [0.25, 0.3) is 5.91 Å². The number of fused-ring (bicyclic) bond motifs is 1. The minimum absolute atomic E-state index is 0.238. The van der Waals surface area contributed by atoms with Crippen molar-refractivity contribution < 1.29 is 14.3 Å². The number of esters is 1. The average molecular weight is 295 g/mol. The van der Waals surface area contributed by atoms with Crippen LogP contribution in [0.1, 0.15) is 17.3 Å². The number of benzene rings is 1. The van der Waals surface area contributed by atoms with Crippen molar-refractivity contribution in [1.29, 1.82) is 0 Å². The molecule has 3 rings (SSSR count). The van der Waals surface area contributed by atoms with E-state index < -0.39 is 5.97 Å². The minimum Gasteiger partial charge on any atom is -0.427 e. The van der Waals surface area contributed by atoms with Crippen LogP contribution in [0.2, 0.25) is 0 Å². The summed E-state index contributed by atoms with van der Waals surface area (Å²) < 4.78 is 6.64. The Kier molecular flexibility index (Phi) is 3.57. The Hall–Kier alpha value is -3.15. The normalized spacial score (nSPS) is 10.4. The fourth-order valence-corrected chi connectivity index (χ4v) is 2.04. The molecule has 0 radical (unpaired) electrons. The molecule has 0 aliphatic rings. The van der Waals surface area contributed by atoms with Crippen molar-refractivity contribution in [3.63, 3.8) is 0 Å². The number of pyridine rings is 1. The molecule has 2 heterocycles. The lowest BCUT2D eigenvalue weighted by atomic mass is 10.2. The second-order valence-corrected chi connectivity index (χ2v) is 4.69. The van der Waals surface area contributed by atoms with Crippen molar-refractivity contribution in [2.45, 2.75) is 6.92 Å². The summed E-state index contributed by atoms with van der Waals surface area (Å²) in [6.07, 6.45) is 3.46. The van der Waals surface area contributed by atoms with Crippen LogP contribution in [0.4, 0.5) is 5.69 Å². The third-order valence-electron chi connectivity index (χ3n) is 3.04. The summed E-state index contributed by atoms with van der Waals surface area (Å²) in [7, 11) is 0. The Morgan fingerprint density at radius 2 is 1.91 bits per heavy atom. The molecule has 0 aliphatic carbocycles. The first-order chi connectivity index (χ1) is 10.6. The highest BCUT2D eigenvalue weighted by Crippen LogP contribution is 2.15. The highest BCUT2D eigenvalue weighted by Gasteiger charge is 2.07. The van der Waals surface area contributed by atoms with Crippen LogP contribution in [0.3, 0.4) is 0 Å². The zero-order valence-electron chi connectivity index (χ0n) is 11.8. The molecule has 3 aromatic rings. The molecule has 0 saturated carbocycles. The van der Waals surface area contributed by atoms with E-state index in [1.807, 2.05) is 12.1 Å². The highest BCUT2D eigenvalue weighted by molar-refractivity contribution is 6.04. The van der Waals surface area contributed by atoms with Gasteiger partial charge in [-0.05, 0) is 42.5 Å². The summed E-state index contributed by atoms with van der Waals surface area (Å²) in [6.45, 7) is 1.33. The van der Waals surface area contributed by atoms with Gasteiger partial charge in [-0.25, -0.2) is 4.52 Å². The summed E-state index contributed by atoms with van der Waals surface area (Å²) in [5.74, 6) is -0.228. The third-order valence-corrected chi connectivity index (χ3v) is 3.04. The van der Waals surface area contributed by atoms with E-state index in [1.165, 1.54) is 6.92 Å². The fourth-order valence-electron chi connectivity index (χ4n) is 2.04. The van der Waals surface area contributed by atoms with Crippen molar-refractivity contribution in [2.24, 2.45) is 0 Å². The number of amides is 1. The summed E-state index contributed by atoms with van der Waals surface area (Å²) in [5.41, 5.74) is 2.05. The van der Waals surface area contributed by atoms with E-state index in [-0.39, 0.29) is 5.91 Å². The van der Waals surface area contributed by atoms with Crippen LogP contribution in [-0.2, 0) is 4.79 Å². The topological polar surface area (TPSA) is 72.7 Å². The monoisotopic (exact) mass is 295 g/mol. The molecule has 6 nitrogen and oxygen atoms in total. The first kappa shape index (κ1) is 13.8. The van der Waals surface area contributed by atoms with Crippen molar-refractivity contribution in [3.8, 4) is 5.75 Å². The first-order valence-corrected chi connectivity index (χ1v) is 6.65. The summed E-state index contributed by atoms with van der Waals surface area (Å²) >= 11 is 0. The zero-order valence-corrected chi connectivity index (χ0v) is 11.8. The number of rotatable bonds is 3. The standard InChI is InChI=1S/C16H13N3O3/c1-11(20)22-15-4-2-12(3-5-15)16(21)18-13-7-9-19-14(10-13)6-8-17-19/h2-10H,1H3,(H,18,21). The van der Waals surface area contributed by atoms with Gasteiger partial charge in [0.05, 0.1) is 5.52 Å². The van der Waals surface area contributed by atoms with Crippen LogP contribution >= 0.6 is 0 Å². The number of hydrogen-bond donors (Lipinski definition) is 1. The van der Waals surface area contributed by atoms with E-state index in [0.29, 0.717) is 17.0 Å². The van der Waals surface area contributed by atoms with E-state index in [2.05, 4.69) is 10.4 Å². The van der Waals surface area contributed by atoms with Gasteiger partial charge in [-0.15, -0.1) is 0 Å². The van der Waals surface area contributed by atoms with Crippen molar-refractivity contribution in [2.75, 3.05) is 5.32 Å². The maximum atomic E-state index is 12.2. The molecule has 0 spiro atoms. The smallest absolute Gasteiger partial charge is 0.308 e. The fraction of sp³-hybridized carbons (Fsp3) is 0.0625. The molecule has 0 bridgehead atoms. The van der Waals surface area contributed by atoms with E-state index in [0.717, 1.165) is 5.52 Å². The second-order valence-electron chi connectivity index (χ2n) is 4.69. The van der Waals surface area contributed by atoms with Crippen molar-refractivity contribution in [1.82, 2.24) is 9.61 Å². The minimum atomic E-state index is -0.397. The molecular formula is C16H13N3O3. The Bertz CT molecular complexity index is 837. The molecule has 1 amide bonds. The number of anilines is 1. The van der Waals surface area contributed by atoms with Crippen LogP contribution in [0.5, 0.6) is 5.75 Å². The number of nitrogens with one attached hydrogen (secondary N) is 1. The molecule has 0 unspecified atom stereocenters. The van der Waals surface area contributed by atoms with Gasteiger partial charge in [0, 0.05) is 30.6 Å². The molecular weight excluding hydrogens is 282 g/mol. The van der Waals surface area contributed by atoms with Gasteiger partial charge in [-0.3, -0.25) is 9.59 Å². The van der Waals surface area contributed by atoms with Gasteiger partial charge in [-0.2, -0.15) is 5.10 Å². The van der Waals surface area contributed by atoms with Crippen molar-refractivity contribution in [3.05, 3.63) is 60.4 Å². The Morgan fingerprint density at radius 1 is 1.14 bits per heavy atom. The summed E-state index contributed by atoms with van der Waals surface area (Å²) in [5, 5.41) is 6.91. The molecule has 0 aliphatic heterocycles. The van der Waals surface area contributed by atoms with Crippen LogP contribution in [0.25, 0.3) is 5.52 Å². The van der Waals surface area contributed by atoms with E-state index >= 15 is 0 Å². The summed E-state index contributed by atoms with van der Waals surface area (Å²) in [4.78, 5) is 23.0. The van der Waals surface area contributed by atoms with Crippen LogP contribution in [0.15, 0.2) is 54.9 Å². The maximum Gasteiger partial charge on any atom is 0.308 e. The van der Waals surface area contributed by atoms with Gasteiger partial charge in [-0.1, -0.05) is 0 Å². The number of carbonyl (C=O) groups excluding carboxylic acids is 2. The Balaban J connectivity index is 1.74. The predicted molar refractivity (Wildman–Crippen MR) is 80.9 cm³/mol. The maximum absolute atomic E-state index is 12.2. The lowest BCUT2D eigenvalue weighted by Crippen LogP contribution is -2.12. The molecule has 2 aromatic heterocycles. The number of nitrogens with zero attached hydrogens (tertiary/aromatic N) is 2. The molecule has 0 atom stereocenters.